The number of anilines is 3. The average Bonchev–Trinajstić information content (AvgIpc) is 2.62. The van der Waals surface area contributed by atoms with E-state index < -0.39 is 0 Å². The van der Waals surface area contributed by atoms with E-state index in [9.17, 15) is 9.59 Å². The van der Waals surface area contributed by atoms with Gasteiger partial charge in [-0.2, -0.15) is 0 Å². The summed E-state index contributed by atoms with van der Waals surface area (Å²) >= 11 is 0. The van der Waals surface area contributed by atoms with Gasteiger partial charge >= 0.3 is 0 Å². The molecule has 2 heterocycles. The highest BCUT2D eigenvalue weighted by Crippen LogP contribution is 2.19. The van der Waals surface area contributed by atoms with E-state index in [0.717, 1.165) is 31.9 Å². The molecule has 1 aromatic carbocycles. The lowest BCUT2D eigenvalue weighted by Crippen LogP contribution is -2.44. The monoisotopic (exact) mass is 353 g/mol. The molecule has 0 atom stereocenters. The highest BCUT2D eigenvalue weighted by molar-refractivity contribution is 6.03. The first kappa shape index (κ1) is 17.9. The summed E-state index contributed by atoms with van der Waals surface area (Å²) in [5, 5.41) is 5.53. The van der Waals surface area contributed by atoms with Crippen molar-refractivity contribution >= 4 is 28.9 Å². The van der Waals surface area contributed by atoms with Crippen LogP contribution in [0.2, 0.25) is 0 Å². The lowest BCUT2D eigenvalue weighted by molar-refractivity contribution is -0.114. The summed E-state index contributed by atoms with van der Waals surface area (Å²) in [6.07, 6.45) is 1.66. The molecule has 7 nitrogen and oxygen atoms in total. The maximum absolute atomic E-state index is 12.5. The summed E-state index contributed by atoms with van der Waals surface area (Å²) in [7, 11) is 2.11. The third kappa shape index (κ3) is 4.58. The second-order valence-electron chi connectivity index (χ2n) is 6.41. The molecular formula is C19H23N5O2. The molecule has 1 saturated heterocycles. The fourth-order valence-corrected chi connectivity index (χ4v) is 2.88. The van der Waals surface area contributed by atoms with Crippen LogP contribution < -0.4 is 15.5 Å². The number of aromatic nitrogens is 1. The maximum Gasteiger partial charge on any atom is 0.274 e. The zero-order valence-electron chi connectivity index (χ0n) is 15.0. The molecule has 2 aromatic rings. The number of hydrogen-bond acceptors (Lipinski definition) is 5. The molecule has 1 aromatic heterocycles. The number of hydrogen-bond donors (Lipinski definition) is 2. The van der Waals surface area contributed by atoms with Crippen LogP contribution in [0, 0.1) is 0 Å². The van der Waals surface area contributed by atoms with Crippen molar-refractivity contribution in [3.63, 3.8) is 0 Å². The molecule has 0 radical (unpaired) electrons. The van der Waals surface area contributed by atoms with Gasteiger partial charge < -0.3 is 20.4 Å². The van der Waals surface area contributed by atoms with Crippen LogP contribution in [-0.4, -0.2) is 54.9 Å². The van der Waals surface area contributed by atoms with E-state index in [1.165, 1.54) is 6.92 Å². The van der Waals surface area contributed by atoms with Crippen LogP contribution >= 0.6 is 0 Å². The Morgan fingerprint density at radius 1 is 1.00 bits per heavy atom. The number of carbonyl (C=O) groups is 2. The Kier molecular flexibility index (Phi) is 5.48. The number of amides is 2. The predicted molar refractivity (Wildman–Crippen MR) is 103 cm³/mol. The van der Waals surface area contributed by atoms with Gasteiger partial charge in [0.25, 0.3) is 5.91 Å². The number of nitrogens with zero attached hydrogens (tertiary/aromatic N) is 3. The summed E-state index contributed by atoms with van der Waals surface area (Å²) in [4.78, 5) is 32.4. The topological polar surface area (TPSA) is 77.6 Å². The van der Waals surface area contributed by atoms with Gasteiger partial charge in [0.1, 0.15) is 5.69 Å². The number of likely N-dealkylation sites (N-methyl/N-ethyl adjacent to an activating group) is 1. The zero-order valence-corrected chi connectivity index (χ0v) is 15.0. The van der Waals surface area contributed by atoms with Gasteiger partial charge in [0.05, 0.1) is 0 Å². The largest absolute Gasteiger partial charge is 0.369 e. The van der Waals surface area contributed by atoms with E-state index in [1.54, 1.807) is 30.5 Å². The maximum atomic E-state index is 12.5. The van der Waals surface area contributed by atoms with Gasteiger partial charge in [0.15, 0.2) is 0 Å². The molecule has 0 aliphatic carbocycles. The molecule has 136 valence electrons. The Bertz CT molecular complexity index is 800. The molecule has 3 rings (SSSR count). The first-order valence-corrected chi connectivity index (χ1v) is 8.60. The number of nitrogens with one attached hydrogen (secondary N) is 2. The van der Waals surface area contributed by atoms with Gasteiger partial charge in [0, 0.05) is 56.4 Å². The smallest absolute Gasteiger partial charge is 0.274 e. The van der Waals surface area contributed by atoms with E-state index in [4.69, 9.17) is 0 Å². The molecule has 1 fully saturated rings. The van der Waals surface area contributed by atoms with Crippen LogP contribution in [0.15, 0.2) is 42.6 Å². The van der Waals surface area contributed by atoms with Crippen LogP contribution in [0.3, 0.4) is 0 Å². The van der Waals surface area contributed by atoms with Crippen LogP contribution in [0.4, 0.5) is 17.1 Å². The molecular weight excluding hydrogens is 330 g/mol. The number of benzene rings is 1. The minimum absolute atomic E-state index is 0.157. The van der Waals surface area contributed by atoms with Crippen molar-refractivity contribution in [2.75, 3.05) is 48.8 Å². The van der Waals surface area contributed by atoms with E-state index in [2.05, 4.69) is 32.5 Å². The first-order chi connectivity index (χ1) is 12.5. The SMILES string of the molecule is CC(=O)Nc1cccc(NC(=O)c2cc(N3CCN(C)CC3)ccn2)c1. The predicted octanol–water partition coefficient (Wildman–Crippen LogP) is 2.04. The minimum atomic E-state index is -0.277. The number of pyridine rings is 1. The third-order valence-corrected chi connectivity index (χ3v) is 4.29. The fourth-order valence-electron chi connectivity index (χ4n) is 2.88. The molecule has 2 amide bonds. The lowest BCUT2D eigenvalue weighted by Gasteiger charge is -2.34. The second-order valence-corrected chi connectivity index (χ2v) is 6.41. The van der Waals surface area contributed by atoms with E-state index in [-0.39, 0.29) is 11.8 Å². The summed E-state index contributed by atoms with van der Waals surface area (Å²) in [5.41, 5.74) is 2.61. The van der Waals surface area contributed by atoms with Crippen molar-refractivity contribution in [2.24, 2.45) is 0 Å². The molecule has 0 bridgehead atoms. The van der Waals surface area contributed by atoms with Gasteiger partial charge in [-0.05, 0) is 37.4 Å². The van der Waals surface area contributed by atoms with Crippen molar-refractivity contribution in [3.8, 4) is 0 Å². The molecule has 0 spiro atoms. The van der Waals surface area contributed by atoms with Crippen molar-refractivity contribution in [3.05, 3.63) is 48.3 Å². The molecule has 26 heavy (non-hydrogen) atoms. The van der Waals surface area contributed by atoms with Gasteiger partial charge in [-0.15, -0.1) is 0 Å². The Hall–Kier alpha value is -2.93. The van der Waals surface area contributed by atoms with Gasteiger partial charge in [0.2, 0.25) is 5.91 Å². The average molecular weight is 353 g/mol. The van der Waals surface area contributed by atoms with Crippen LogP contribution in [-0.2, 0) is 4.79 Å². The summed E-state index contributed by atoms with van der Waals surface area (Å²) in [5.74, 6) is -0.434. The van der Waals surface area contributed by atoms with Gasteiger partial charge in [-0.3, -0.25) is 14.6 Å². The summed E-state index contributed by atoms with van der Waals surface area (Å²) in [6, 6.07) is 10.8. The fraction of sp³-hybridized carbons (Fsp3) is 0.316. The highest BCUT2D eigenvalue weighted by atomic mass is 16.2. The standard InChI is InChI=1S/C19H23N5O2/c1-14(25)21-15-4-3-5-16(12-15)22-19(26)18-13-17(6-7-20-18)24-10-8-23(2)9-11-24/h3-7,12-13H,8-11H2,1-2H3,(H,21,25)(H,22,26). The number of rotatable bonds is 4. The minimum Gasteiger partial charge on any atom is -0.369 e. The van der Waals surface area contributed by atoms with E-state index in [1.807, 2.05) is 12.1 Å². The molecule has 0 saturated carbocycles. The van der Waals surface area contributed by atoms with Crippen LogP contribution in [0.1, 0.15) is 17.4 Å². The lowest BCUT2D eigenvalue weighted by atomic mass is 10.2. The van der Waals surface area contributed by atoms with Crippen molar-refractivity contribution in [1.29, 1.82) is 0 Å². The molecule has 2 N–H and O–H groups in total. The zero-order chi connectivity index (χ0) is 18.5. The molecule has 1 aliphatic heterocycles. The quantitative estimate of drug-likeness (QED) is 0.880. The van der Waals surface area contributed by atoms with E-state index >= 15 is 0 Å². The van der Waals surface area contributed by atoms with E-state index in [0.29, 0.717) is 17.1 Å². The summed E-state index contributed by atoms with van der Waals surface area (Å²) in [6.45, 7) is 5.30. The highest BCUT2D eigenvalue weighted by Gasteiger charge is 2.16. The molecule has 0 unspecified atom stereocenters. The first-order valence-electron chi connectivity index (χ1n) is 8.60. The van der Waals surface area contributed by atoms with Crippen molar-refractivity contribution in [1.82, 2.24) is 9.88 Å². The van der Waals surface area contributed by atoms with Crippen LogP contribution in [0.5, 0.6) is 0 Å². The number of piperazine rings is 1. The summed E-state index contributed by atoms with van der Waals surface area (Å²) < 4.78 is 0. The Labute approximate surface area is 153 Å². The Balaban J connectivity index is 1.70. The normalized spacial score (nSPS) is 14.8. The second kappa shape index (κ2) is 7.97. The van der Waals surface area contributed by atoms with Crippen LogP contribution in [0.25, 0.3) is 0 Å². The molecule has 1 aliphatic rings. The van der Waals surface area contributed by atoms with Crippen molar-refractivity contribution < 1.29 is 9.59 Å². The van der Waals surface area contributed by atoms with Gasteiger partial charge in [-0.1, -0.05) is 6.07 Å². The third-order valence-electron chi connectivity index (χ3n) is 4.29. The Morgan fingerprint density at radius 3 is 2.38 bits per heavy atom. The molecule has 7 heteroatoms. The number of carbonyl (C=O) groups excluding carboxylic acids is 2. The van der Waals surface area contributed by atoms with Crippen molar-refractivity contribution in [2.45, 2.75) is 6.92 Å². The van der Waals surface area contributed by atoms with Gasteiger partial charge in [-0.25, -0.2) is 0 Å². The Morgan fingerprint density at radius 2 is 1.69 bits per heavy atom.